The third-order valence-corrected chi connectivity index (χ3v) is 3.68. The summed E-state index contributed by atoms with van der Waals surface area (Å²) in [6.07, 6.45) is -0.314. The Morgan fingerprint density at radius 1 is 0.920 bits per heavy atom. The highest BCUT2D eigenvalue weighted by molar-refractivity contribution is 5.77. The summed E-state index contributed by atoms with van der Waals surface area (Å²) in [5.74, 6) is 1.57. The Balaban J connectivity index is 1.90. The van der Waals surface area contributed by atoms with Gasteiger partial charge in [0, 0.05) is 19.2 Å². The minimum Gasteiger partial charge on any atom is -0.496 e. The second-order valence-electron chi connectivity index (χ2n) is 5.21. The van der Waals surface area contributed by atoms with Crippen molar-refractivity contribution in [3.63, 3.8) is 0 Å². The summed E-state index contributed by atoms with van der Waals surface area (Å²) in [4.78, 5) is 12.1. The first-order valence-corrected chi connectivity index (χ1v) is 7.87. The van der Waals surface area contributed by atoms with E-state index >= 15 is 0 Å². The molecule has 1 amide bonds. The maximum Gasteiger partial charge on any atom is 0.258 e. The topological polar surface area (TPSA) is 66.0 Å². The molecule has 0 aromatic heterocycles. The summed E-state index contributed by atoms with van der Waals surface area (Å²) < 4.78 is 21.5. The molecular formula is C19H23NO5. The average Bonchev–Trinajstić information content (AvgIpc) is 2.67. The highest BCUT2D eigenvalue weighted by Crippen LogP contribution is 2.27. The van der Waals surface area contributed by atoms with Crippen molar-refractivity contribution in [1.82, 2.24) is 5.32 Å². The van der Waals surface area contributed by atoms with Gasteiger partial charge in [-0.05, 0) is 18.2 Å². The van der Waals surface area contributed by atoms with E-state index < -0.39 is 0 Å². The van der Waals surface area contributed by atoms with Gasteiger partial charge in [-0.3, -0.25) is 4.79 Å². The number of benzene rings is 2. The fourth-order valence-electron chi connectivity index (χ4n) is 2.39. The Labute approximate surface area is 147 Å². The van der Waals surface area contributed by atoms with Crippen LogP contribution >= 0.6 is 0 Å². The van der Waals surface area contributed by atoms with Gasteiger partial charge in [0.15, 0.2) is 18.1 Å². The maximum atomic E-state index is 12.1. The van der Waals surface area contributed by atoms with E-state index in [1.165, 1.54) is 0 Å². The SMILES string of the molecule is COc1ccccc1OCC(=O)NC[C@@H](OC)c1ccccc1OC. The van der Waals surface area contributed by atoms with Crippen molar-refractivity contribution < 1.29 is 23.7 Å². The first-order chi connectivity index (χ1) is 12.2. The lowest BCUT2D eigenvalue weighted by atomic mass is 10.1. The van der Waals surface area contributed by atoms with Crippen molar-refractivity contribution in [2.75, 3.05) is 34.5 Å². The smallest absolute Gasteiger partial charge is 0.258 e. The molecule has 0 spiro atoms. The van der Waals surface area contributed by atoms with Crippen LogP contribution in [0, 0.1) is 0 Å². The first-order valence-electron chi connectivity index (χ1n) is 7.87. The molecule has 0 saturated heterocycles. The van der Waals surface area contributed by atoms with Gasteiger partial charge in [0.25, 0.3) is 5.91 Å². The Morgan fingerprint density at radius 2 is 1.52 bits per heavy atom. The van der Waals surface area contributed by atoms with E-state index in [1.807, 2.05) is 36.4 Å². The number of carbonyl (C=O) groups excluding carboxylic acids is 1. The highest BCUT2D eigenvalue weighted by atomic mass is 16.5. The van der Waals surface area contributed by atoms with Crippen LogP contribution in [-0.2, 0) is 9.53 Å². The van der Waals surface area contributed by atoms with Gasteiger partial charge in [0.1, 0.15) is 11.9 Å². The normalized spacial score (nSPS) is 11.5. The van der Waals surface area contributed by atoms with Crippen molar-refractivity contribution in [3.8, 4) is 17.2 Å². The molecule has 0 aliphatic carbocycles. The quantitative estimate of drug-likeness (QED) is 0.757. The number of nitrogens with one attached hydrogen (secondary N) is 1. The Kier molecular flexibility index (Phi) is 7.10. The lowest BCUT2D eigenvalue weighted by Crippen LogP contribution is -2.33. The second kappa shape index (κ2) is 9.54. The minimum absolute atomic E-state index is 0.108. The van der Waals surface area contributed by atoms with Crippen molar-refractivity contribution in [2.24, 2.45) is 0 Å². The van der Waals surface area contributed by atoms with Crippen LogP contribution in [0.3, 0.4) is 0 Å². The Bertz CT molecular complexity index is 689. The monoisotopic (exact) mass is 345 g/mol. The molecule has 0 aliphatic rings. The molecule has 2 aromatic rings. The van der Waals surface area contributed by atoms with Crippen molar-refractivity contribution in [1.29, 1.82) is 0 Å². The van der Waals surface area contributed by atoms with Gasteiger partial charge in [0.2, 0.25) is 0 Å². The van der Waals surface area contributed by atoms with Crippen molar-refractivity contribution >= 4 is 5.91 Å². The lowest BCUT2D eigenvalue weighted by Gasteiger charge is -2.19. The summed E-state index contributed by atoms with van der Waals surface area (Å²) in [5, 5.41) is 2.81. The van der Waals surface area contributed by atoms with Gasteiger partial charge < -0.3 is 24.3 Å². The van der Waals surface area contributed by atoms with E-state index in [4.69, 9.17) is 18.9 Å². The minimum atomic E-state index is -0.314. The van der Waals surface area contributed by atoms with E-state index in [1.54, 1.807) is 33.5 Å². The molecule has 0 aliphatic heterocycles. The Morgan fingerprint density at radius 3 is 2.16 bits per heavy atom. The van der Waals surface area contributed by atoms with Crippen LogP contribution in [-0.4, -0.2) is 40.4 Å². The molecule has 0 bridgehead atoms. The van der Waals surface area contributed by atoms with Gasteiger partial charge in [0.05, 0.1) is 14.2 Å². The number of amides is 1. The fourth-order valence-corrected chi connectivity index (χ4v) is 2.39. The summed E-state index contributed by atoms with van der Waals surface area (Å²) in [5.41, 5.74) is 0.874. The molecule has 134 valence electrons. The van der Waals surface area contributed by atoms with Crippen LogP contribution in [0.5, 0.6) is 17.2 Å². The van der Waals surface area contributed by atoms with Crippen molar-refractivity contribution in [2.45, 2.75) is 6.10 Å². The highest BCUT2D eigenvalue weighted by Gasteiger charge is 2.16. The molecule has 1 atom stereocenters. The zero-order valence-electron chi connectivity index (χ0n) is 14.7. The van der Waals surface area contributed by atoms with Gasteiger partial charge in [-0.15, -0.1) is 0 Å². The van der Waals surface area contributed by atoms with Gasteiger partial charge in [-0.25, -0.2) is 0 Å². The molecular weight excluding hydrogens is 322 g/mol. The molecule has 0 heterocycles. The average molecular weight is 345 g/mol. The molecule has 2 rings (SSSR count). The molecule has 0 saturated carbocycles. The van der Waals surface area contributed by atoms with Crippen LogP contribution in [0.1, 0.15) is 11.7 Å². The third-order valence-electron chi connectivity index (χ3n) is 3.68. The molecule has 0 fully saturated rings. The van der Waals surface area contributed by atoms with Gasteiger partial charge in [-0.2, -0.15) is 0 Å². The van der Waals surface area contributed by atoms with Crippen LogP contribution in [0.4, 0.5) is 0 Å². The molecule has 0 unspecified atom stereocenters. The first kappa shape index (κ1) is 18.6. The predicted molar refractivity (Wildman–Crippen MR) is 94.2 cm³/mol. The van der Waals surface area contributed by atoms with E-state index in [-0.39, 0.29) is 18.6 Å². The third kappa shape index (κ3) is 5.12. The molecule has 0 radical (unpaired) electrons. The summed E-state index contributed by atoms with van der Waals surface area (Å²) in [7, 11) is 4.75. The fraction of sp³-hybridized carbons (Fsp3) is 0.316. The number of ether oxygens (including phenoxy) is 4. The number of hydrogen-bond donors (Lipinski definition) is 1. The summed E-state index contributed by atoms with van der Waals surface area (Å²) in [6.45, 7) is 0.202. The van der Waals surface area contributed by atoms with Gasteiger partial charge >= 0.3 is 0 Å². The van der Waals surface area contributed by atoms with Crippen molar-refractivity contribution in [3.05, 3.63) is 54.1 Å². The zero-order chi connectivity index (χ0) is 18.1. The predicted octanol–water partition coefficient (Wildman–Crippen LogP) is 2.59. The molecule has 1 N–H and O–H groups in total. The molecule has 6 heteroatoms. The van der Waals surface area contributed by atoms with Crippen LogP contribution < -0.4 is 19.5 Å². The van der Waals surface area contributed by atoms with E-state index in [0.717, 1.165) is 5.56 Å². The number of rotatable bonds is 9. The molecule has 6 nitrogen and oxygen atoms in total. The summed E-state index contributed by atoms with van der Waals surface area (Å²) in [6, 6.07) is 14.7. The number of methoxy groups -OCH3 is 3. The number of para-hydroxylation sites is 3. The van der Waals surface area contributed by atoms with Crippen LogP contribution in [0.2, 0.25) is 0 Å². The summed E-state index contributed by atoms with van der Waals surface area (Å²) >= 11 is 0. The van der Waals surface area contributed by atoms with Gasteiger partial charge in [-0.1, -0.05) is 30.3 Å². The lowest BCUT2D eigenvalue weighted by molar-refractivity contribution is -0.123. The second-order valence-corrected chi connectivity index (χ2v) is 5.21. The molecule has 2 aromatic carbocycles. The van der Waals surface area contributed by atoms with E-state index in [2.05, 4.69) is 5.32 Å². The molecule has 25 heavy (non-hydrogen) atoms. The maximum absolute atomic E-state index is 12.1. The Hall–Kier alpha value is -2.73. The van der Waals surface area contributed by atoms with E-state index in [0.29, 0.717) is 23.8 Å². The van der Waals surface area contributed by atoms with Crippen LogP contribution in [0.25, 0.3) is 0 Å². The van der Waals surface area contributed by atoms with E-state index in [9.17, 15) is 4.79 Å². The largest absolute Gasteiger partial charge is 0.496 e. The van der Waals surface area contributed by atoms with Crippen LogP contribution in [0.15, 0.2) is 48.5 Å². The standard InChI is InChI=1S/C19H23NO5/c1-22-15-9-5-4-8-14(15)18(24-3)12-20-19(21)13-25-17-11-7-6-10-16(17)23-2/h4-11,18H,12-13H2,1-3H3,(H,20,21)/t18-/m1/s1. The number of hydrogen-bond acceptors (Lipinski definition) is 5. The number of carbonyl (C=O) groups is 1. The zero-order valence-corrected chi connectivity index (χ0v) is 14.7.